The lowest BCUT2D eigenvalue weighted by atomic mass is 10.1. The van der Waals surface area contributed by atoms with Crippen LogP contribution in [0.3, 0.4) is 0 Å². The molecule has 21 heavy (non-hydrogen) atoms. The number of carbonyl (C=O) groups is 1. The molecule has 0 radical (unpaired) electrons. The maximum Gasteiger partial charge on any atom is 0.278 e. The van der Waals surface area contributed by atoms with E-state index < -0.39 is 0 Å². The molecule has 1 aliphatic rings. The van der Waals surface area contributed by atoms with Crippen LogP contribution in [0.1, 0.15) is 11.1 Å². The Hall–Kier alpha value is -2.07. The van der Waals surface area contributed by atoms with Crippen LogP contribution in [0.2, 0.25) is 0 Å². The fourth-order valence-electron chi connectivity index (χ4n) is 1.88. The largest absolute Gasteiger partial charge is 0.282 e. The number of amidine groups is 1. The van der Waals surface area contributed by atoms with E-state index in [0.29, 0.717) is 17.4 Å². The van der Waals surface area contributed by atoms with E-state index in [9.17, 15) is 4.79 Å². The average Bonchev–Trinajstić information content (AvgIpc) is 2.77. The molecular weight excluding hydrogens is 280 g/mol. The van der Waals surface area contributed by atoms with Crippen LogP contribution in [0.25, 0.3) is 6.08 Å². The second-order valence-electron chi connectivity index (χ2n) is 4.64. The summed E-state index contributed by atoms with van der Waals surface area (Å²) in [5.74, 6) is 0.638. The van der Waals surface area contributed by atoms with Gasteiger partial charge < -0.3 is 0 Å². The van der Waals surface area contributed by atoms with Gasteiger partial charge in [-0.1, -0.05) is 53.7 Å². The Bertz CT molecular complexity index is 614. The van der Waals surface area contributed by atoms with Crippen LogP contribution in [-0.4, -0.2) is 28.3 Å². The summed E-state index contributed by atoms with van der Waals surface area (Å²) in [7, 11) is 0. The number of aliphatic imine (C=N–C) groups is 1. The highest BCUT2D eigenvalue weighted by molar-refractivity contribution is 8.14. The molecule has 0 aliphatic carbocycles. The van der Waals surface area contributed by atoms with Crippen molar-refractivity contribution in [1.29, 1.82) is 0 Å². The van der Waals surface area contributed by atoms with E-state index in [1.54, 1.807) is 17.1 Å². The van der Waals surface area contributed by atoms with E-state index >= 15 is 0 Å². The smallest absolute Gasteiger partial charge is 0.278 e. The van der Waals surface area contributed by atoms with Crippen molar-refractivity contribution in [1.82, 2.24) is 4.90 Å². The number of benzene rings is 1. The van der Waals surface area contributed by atoms with Gasteiger partial charge in [-0.15, -0.1) is 13.2 Å². The minimum Gasteiger partial charge on any atom is -0.282 e. The highest BCUT2D eigenvalue weighted by Crippen LogP contribution is 2.24. The number of thioether (sulfide) groups is 1. The number of rotatable bonds is 5. The molecule has 3 nitrogen and oxygen atoms in total. The van der Waals surface area contributed by atoms with Crippen LogP contribution in [0.15, 0.2) is 60.3 Å². The predicted octanol–water partition coefficient (Wildman–Crippen LogP) is 3.64. The van der Waals surface area contributed by atoms with E-state index in [4.69, 9.17) is 0 Å². The molecule has 1 aromatic rings. The van der Waals surface area contributed by atoms with Crippen molar-refractivity contribution in [2.24, 2.45) is 4.99 Å². The fraction of sp³-hybridized carbons (Fsp3) is 0.176. The van der Waals surface area contributed by atoms with E-state index in [2.05, 4.69) is 18.2 Å². The second-order valence-corrected chi connectivity index (χ2v) is 5.63. The number of hydrogen-bond donors (Lipinski definition) is 0. The highest BCUT2D eigenvalue weighted by Gasteiger charge is 2.29. The number of amides is 1. The minimum absolute atomic E-state index is 0.0814. The van der Waals surface area contributed by atoms with Crippen molar-refractivity contribution in [2.45, 2.75) is 6.92 Å². The van der Waals surface area contributed by atoms with Crippen molar-refractivity contribution in [3.05, 3.63) is 66.4 Å². The first kappa shape index (κ1) is 15.3. The van der Waals surface area contributed by atoms with Crippen LogP contribution in [0.4, 0.5) is 0 Å². The molecule has 108 valence electrons. The third-order valence-corrected chi connectivity index (χ3v) is 3.91. The van der Waals surface area contributed by atoms with Gasteiger partial charge in [-0.05, 0) is 18.6 Å². The van der Waals surface area contributed by atoms with Crippen molar-refractivity contribution >= 4 is 28.9 Å². The summed E-state index contributed by atoms with van der Waals surface area (Å²) in [6.07, 6.45) is 5.32. The molecule has 1 aliphatic heterocycles. The van der Waals surface area contributed by atoms with Crippen LogP contribution < -0.4 is 0 Å². The molecule has 4 heteroatoms. The maximum absolute atomic E-state index is 12.4. The van der Waals surface area contributed by atoms with Crippen molar-refractivity contribution < 1.29 is 4.79 Å². The first-order valence-corrected chi connectivity index (χ1v) is 7.67. The Morgan fingerprint density at radius 2 is 1.95 bits per heavy atom. The van der Waals surface area contributed by atoms with Crippen LogP contribution in [0.5, 0.6) is 0 Å². The molecular formula is C17H18N2OS. The van der Waals surface area contributed by atoms with Gasteiger partial charge in [0.25, 0.3) is 5.91 Å². The Morgan fingerprint density at radius 3 is 2.57 bits per heavy atom. The van der Waals surface area contributed by atoms with Crippen LogP contribution in [0, 0.1) is 6.92 Å². The molecule has 1 heterocycles. The molecule has 0 bridgehead atoms. The van der Waals surface area contributed by atoms with Gasteiger partial charge >= 0.3 is 0 Å². The quantitative estimate of drug-likeness (QED) is 0.614. The summed E-state index contributed by atoms with van der Waals surface area (Å²) >= 11 is 1.50. The van der Waals surface area contributed by atoms with E-state index in [-0.39, 0.29) is 5.91 Å². The monoisotopic (exact) mass is 298 g/mol. The second kappa shape index (κ2) is 7.09. The Morgan fingerprint density at radius 1 is 1.24 bits per heavy atom. The summed E-state index contributed by atoms with van der Waals surface area (Å²) in [6.45, 7) is 9.89. The zero-order valence-corrected chi connectivity index (χ0v) is 12.9. The van der Waals surface area contributed by atoms with Gasteiger partial charge in [0.1, 0.15) is 5.70 Å². The summed E-state index contributed by atoms with van der Waals surface area (Å²) in [5.41, 5.74) is 2.63. The first-order chi connectivity index (χ1) is 10.2. The van der Waals surface area contributed by atoms with E-state index in [1.807, 2.05) is 37.3 Å². The van der Waals surface area contributed by atoms with Gasteiger partial charge in [0.2, 0.25) is 0 Å². The topological polar surface area (TPSA) is 32.7 Å². The lowest BCUT2D eigenvalue weighted by Crippen LogP contribution is -2.30. The van der Waals surface area contributed by atoms with Crippen molar-refractivity contribution in [3.63, 3.8) is 0 Å². The Balaban J connectivity index is 2.28. The maximum atomic E-state index is 12.4. The molecule has 0 unspecified atom stereocenters. The highest BCUT2D eigenvalue weighted by atomic mass is 32.2. The van der Waals surface area contributed by atoms with Gasteiger partial charge in [0.15, 0.2) is 5.17 Å². The molecule has 0 aromatic heterocycles. The summed E-state index contributed by atoms with van der Waals surface area (Å²) in [5, 5.41) is 0.707. The Labute approximate surface area is 129 Å². The molecule has 0 atom stereocenters. The lowest BCUT2D eigenvalue weighted by Gasteiger charge is -2.14. The number of nitrogens with zero attached hydrogens (tertiary/aromatic N) is 2. The third kappa shape index (κ3) is 3.73. The fourth-order valence-corrected chi connectivity index (χ4v) is 2.63. The first-order valence-electron chi connectivity index (χ1n) is 6.69. The average molecular weight is 298 g/mol. The normalized spacial score (nSPS) is 16.2. The zero-order chi connectivity index (χ0) is 15.2. The summed E-state index contributed by atoms with van der Waals surface area (Å²) in [4.78, 5) is 18.5. The zero-order valence-electron chi connectivity index (χ0n) is 12.1. The number of aryl methyl sites for hydroxylation is 1. The molecule has 2 rings (SSSR count). The van der Waals surface area contributed by atoms with Gasteiger partial charge in [-0.2, -0.15) is 0 Å². The number of hydrogen-bond acceptors (Lipinski definition) is 3. The van der Waals surface area contributed by atoms with Crippen molar-refractivity contribution in [2.75, 3.05) is 12.3 Å². The standard InChI is InChI=1S/C17H18N2OS/c1-4-10-19-16(20)15(18-17(19)21-11-5-2)12-14-8-6-13(3)7-9-14/h4-9,12H,1-2,10-11H2,3H3/b15-12-. The molecule has 1 aromatic carbocycles. The van der Waals surface area contributed by atoms with Gasteiger partial charge in [0, 0.05) is 12.3 Å². The lowest BCUT2D eigenvalue weighted by molar-refractivity contribution is -0.122. The van der Waals surface area contributed by atoms with Gasteiger partial charge in [-0.3, -0.25) is 9.69 Å². The third-order valence-electron chi connectivity index (χ3n) is 2.93. The molecule has 1 amide bonds. The molecule has 0 N–H and O–H groups in total. The summed E-state index contributed by atoms with van der Waals surface area (Å²) < 4.78 is 0. The summed E-state index contributed by atoms with van der Waals surface area (Å²) in [6, 6.07) is 8.00. The molecule has 0 saturated carbocycles. The Kier molecular flexibility index (Phi) is 5.17. The van der Waals surface area contributed by atoms with E-state index in [0.717, 1.165) is 11.3 Å². The van der Waals surface area contributed by atoms with Crippen molar-refractivity contribution in [3.8, 4) is 0 Å². The predicted molar refractivity (Wildman–Crippen MR) is 91.2 cm³/mol. The van der Waals surface area contributed by atoms with Gasteiger partial charge in [-0.25, -0.2) is 4.99 Å². The SMILES string of the molecule is C=CCSC1=N/C(=C\c2ccc(C)cc2)C(=O)N1CC=C. The van der Waals surface area contributed by atoms with Gasteiger partial charge in [0.05, 0.1) is 0 Å². The van der Waals surface area contributed by atoms with E-state index in [1.165, 1.54) is 17.3 Å². The van der Waals surface area contributed by atoms with Crippen LogP contribution >= 0.6 is 11.8 Å². The molecule has 0 saturated heterocycles. The molecule has 0 fully saturated rings. The number of carbonyl (C=O) groups excluding carboxylic acids is 1. The van der Waals surface area contributed by atoms with Crippen LogP contribution in [-0.2, 0) is 4.79 Å². The molecule has 0 spiro atoms. The minimum atomic E-state index is -0.0814.